The molecule has 0 unspecified atom stereocenters. The van der Waals surface area contributed by atoms with E-state index in [1.165, 1.54) is 27.2 Å². The molecule has 0 atom stereocenters. The van der Waals surface area contributed by atoms with Gasteiger partial charge in [0.1, 0.15) is 0 Å². The van der Waals surface area contributed by atoms with E-state index in [2.05, 4.69) is 75.1 Å². The quantitative estimate of drug-likeness (QED) is 0.754. The first-order valence-electron chi connectivity index (χ1n) is 7.05. The molecule has 2 rings (SSSR count). The van der Waals surface area contributed by atoms with Gasteiger partial charge in [0, 0.05) is 0 Å². The van der Waals surface area contributed by atoms with E-state index in [0.717, 1.165) is 12.0 Å². The normalized spacial score (nSPS) is 15.9. The maximum Gasteiger partial charge on any atom is -0.00883 e. The zero-order valence-corrected chi connectivity index (χ0v) is 12.6. The second kappa shape index (κ2) is 6.38. The molecule has 0 heteroatoms. The molecule has 0 nitrogen and oxygen atoms in total. The van der Waals surface area contributed by atoms with Crippen LogP contribution in [-0.2, 0) is 0 Å². The minimum Gasteiger partial charge on any atom is -0.0955 e. The van der Waals surface area contributed by atoms with Gasteiger partial charge in [-0.15, -0.1) is 0 Å². The fraction of sp³-hybridized carbons (Fsp3) is 0.200. The van der Waals surface area contributed by atoms with E-state index in [-0.39, 0.29) is 0 Å². The van der Waals surface area contributed by atoms with Crippen molar-refractivity contribution in [2.24, 2.45) is 0 Å². The van der Waals surface area contributed by atoms with Crippen molar-refractivity contribution in [3.05, 3.63) is 82.3 Å². The molecule has 102 valence electrons. The zero-order valence-electron chi connectivity index (χ0n) is 12.6. The molecule has 0 aliphatic heterocycles. The smallest absolute Gasteiger partial charge is 0.00883 e. The molecule has 0 heterocycles. The Labute approximate surface area is 121 Å². The summed E-state index contributed by atoms with van der Waals surface area (Å²) >= 11 is 0. The highest BCUT2D eigenvalue weighted by atomic mass is 14.1. The molecule has 0 fully saturated rings. The number of allylic oxidation sites excluding steroid dienone is 7. The van der Waals surface area contributed by atoms with Gasteiger partial charge in [0.15, 0.2) is 0 Å². The van der Waals surface area contributed by atoms with Crippen molar-refractivity contribution in [3.63, 3.8) is 0 Å². The SMILES string of the molecule is C=C(C)C1=CCC(=CC=c2ccc(=C(C)C)cc2)C=C1. The van der Waals surface area contributed by atoms with E-state index in [0.29, 0.717) is 0 Å². The van der Waals surface area contributed by atoms with E-state index in [1.54, 1.807) is 0 Å². The van der Waals surface area contributed by atoms with Crippen LogP contribution in [-0.4, -0.2) is 0 Å². The Morgan fingerprint density at radius 3 is 2.20 bits per heavy atom. The zero-order chi connectivity index (χ0) is 14.5. The molecule has 1 aliphatic carbocycles. The molecule has 1 aliphatic rings. The summed E-state index contributed by atoms with van der Waals surface area (Å²) in [5.74, 6) is 0. The van der Waals surface area contributed by atoms with Gasteiger partial charge in [-0.1, -0.05) is 72.4 Å². The minimum atomic E-state index is 0.981. The molecular formula is C20H22. The summed E-state index contributed by atoms with van der Waals surface area (Å²) in [5, 5.41) is 2.55. The van der Waals surface area contributed by atoms with E-state index < -0.39 is 0 Å². The van der Waals surface area contributed by atoms with Gasteiger partial charge in [0.25, 0.3) is 0 Å². The lowest BCUT2D eigenvalue weighted by Gasteiger charge is -2.08. The molecule has 0 N–H and O–H groups in total. The molecule has 0 bridgehead atoms. The minimum absolute atomic E-state index is 0.981. The van der Waals surface area contributed by atoms with Crippen LogP contribution in [0.5, 0.6) is 0 Å². The predicted octanol–water partition coefficient (Wildman–Crippen LogP) is 4.05. The Balaban J connectivity index is 2.18. The fourth-order valence-electron chi connectivity index (χ4n) is 2.13. The average Bonchev–Trinajstić information content (AvgIpc) is 2.46. The summed E-state index contributed by atoms with van der Waals surface area (Å²) in [6.45, 7) is 10.3. The number of rotatable bonds is 2. The lowest BCUT2D eigenvalue weighted by atomic mass is 9.98. The summed E-state index contributed by atoms with van der Waals surface area (Å²) in [7, 11) is 0. The van der Waals surface area contributed by atoms with Crippen LogP contribution in [0.15, 0.2) is 71.9 Å². The Morgan fingerprint density at radius 2 is 1.70 bits per heavy atom. The molecule has 1 aromatic carbocycles. The van der Waals surface area contributed by atoms with Crippen molar-refractivity contribution in [2.75, 3.05) is 0 Å². The lowest BCUT2D eigenvalue weighted by molar-refractivity contribution is 1.22. The van der Waals surface area contributed by atoms with Crippen LogP contribution in [0.3, 0.4) is 0 Å². The molecule has 0 radical (unpaired) electrons. The molecule has 0 saturated heterocycles. The highest BCUT2D eigenvalue weighted by Gasteiger charge is 2.00. The first-order chi connectivity index (χ1) is 9.56. The molecule has 0 spiro atoms. The Bertz CT molecular complexity index is 694. The van der Waals surface area contributed by atoms with Crippen molar-refractivity contribution in [1.82, 2.24) is 0 Å². The van der Waals surface area contributed by atoms with Crippen LogP contribution in [0, 0.1) is 0 Å². The summed E-state index contributed by atoms with van der Waals surface area (Å²) in [6, 6.07) is 8.69. The number of hydrogen-bond donors (Lipinski definition) is 0. The summed E-state index contributed by atoms with van der Waals surface area (Å²) in [6.07, 6.45) is 11.9. The van der Waals surface area contributed by atoms with Crippen LogP contribution in [0.2, 0.25) is 0 Å². The Hall–Kier alpha value is -2.08. The molecule has 20 heavy (non-hydrogen) atoms. The third-order valence-corrected chi connectivity index (χ3v) is 3.51. The van der Waals surface area contributed by atoms with Gasteiger partial charge in [-0.2, -0.15) is 0 Å². The van der Waals surface area contributed by atoms with Crippen molar-refractivity contribution in [3.8, 4) is 0 Å². The first kappa shape index (κ1) is 14.3. The van der Waals surface area contributed by atoms with Crippen molar-refractivity contribution >= 4 is 11.6 Å². The topological polar surface area (TPSA) is 0 Å². The van der Waals surface area contributed by atoms with Crippen LogP contribution in [0.1, 0.15) is 27.2 Å². The summed E-state index contributed by atoms with van der Waals surface area (Å²) in [5.41, 5.74) is 5.06. The molecule has 1 aromatic rings. The van der Waals surface area contributed by atoms with E-state index in [1.807, 2.05) is 6.92 Å². The first-order valence-corrected chi connectivity index (χ1v) is 7.05. The van der Waals surface area contributed by atoms with Gasteiger partial charge in [0.05, 0.1) is 0 Å². The third kappa shape index (κ3) is 3.71. The van der Waals surface area contributed by atoms with E-state index >= 15 is 0 Å². The largest absolute Gasteiger partial charge is 0.0955 e. The van der Waals surface area contributed by atoms with Crippen LogP contribution < -0.4 is 10.4 Å². The maximum atomic E-state index is 3.97. The second-order valence-electron chi connectivity index (χ2n) is 5.51. The molecular weight excluding hydrogens is 240 g/mol. The van der Waals surface area contributed by atoms with Crippen LogP contribution in [0.4, 0.5) is 0 Å². The van der Waals surface area contributed by atoms with E-state index in [9.17, 15) is 0 Å². The summed E-state index contributed by atoms with van der Waals surface area (Å²) < 4.78 is 0. The predicted molar refractivity (Wildman–Crippen MR) is 89.7 cm³/mol. The van der Waals surface area contributed by atoms with Crippen molar-refractivity contribution in [1.29, 1.82) is 0 Å². The lowest BCUT2D eigenvalue weighted by Crippen LogP contribution is -2.08. The fourth-order valence-corrected chi connectivity index (χ4v) is 2.13. The van der Waals surface area contributed by atoms with Crippen molar-refractivity contribution < 1.29 is 0 Å². The highest BCUT2D eigenvalue weighted by molar-refractivity contribution is 5.50. The molecule has 0 amide bonds. The van der Waals surface area contributed by atoms with Gasteiger partial charge in [-0.25, -0.2) is 0 Å². The van der Waals surface area contributed by atoms with Gasteiger partial charge >= 0.3 is 0 Å². The monoisotopic (exact) mass is 262 g/mol. The Morgan fingerprint density at radius 1 is 1.00 bits per heavy atom. The molecule has 0 saturated carbocycles. The van der Waals surface area contributed by atoms with Gasteiger partial charge < -0.3 is 0 Å². The standard InChI is InChI=1S/C20H22/c1-15(2)19-11-7-17(8-12-19)5-6-18-9-13-20(14-10-18)16(3)4/h5-7,9-14H,1,8H2,2-4H3. The van der Waals surface area contributed by atoms with Gasteiger partial charge in [-0.05, 0) is 48.8 Å². The summed E-state index contributed by atoms with van der Waals surface area (Å²) in [4.78, 5) is 0. The molecule has 0 aromatic heterocycles. The maximum absolute atomic E-state index is 3.97. The second-order valence-corrected chi connectivity index (χ2v) is 5.51. The van der Waals surface area contributed by atoms with Crippen molar-refractivity contribution in [2.45, 2.75) is 27.2 Å². The highest BCUT2D eigenvalue weighted by Crippen LogP contribution is 2.19. The van der Waals surface area contributed by atoms with Crippen LogP contribution in [0.25, 0.3) is 11.6 Å². The van der Waals surface area contributed by atoms with Crippen LogP contribution >= 0.6 is 0 Å². The van der Waals surface area contributed by atoms with Gasteiger partial charge in [0.2, 0.25) is 0 Å². The Kier molecular flexibility index (Phi) is 4.57. The van der Waals surface area contributed by atoms with Gasteiger partial charge in [-0.3, -0.25) is 0 Å². The van der Waals surface area contributed by atoms with E-state index in [4.69, 9.17) is 0 Å². The number of benzene rings is 1. The number of hydrogen-bond acceptors (Lipinski definition) is 0. The third-order valence-electron chi connectivity index (χ3n) is 3.51. The average molecular weight is 262 g/mol.